The monoisotopic (exact) mass is 194 g/mol. The highest BCUT2D eigenvalue weighted by Crippen LogP contribution is 2.25. The number of aryl methyl sites for hydroxylation is 1. The van der Waals surface area contributed by atoms with Gasteiger partial charge in [0.25, 0.3) is 0 Å². The summed E-state index contributed by atoms with van der Waals surface area (Å²) >= 11 is 1.65. The first-order valence-electron chi connectivity index (χ1n) is 3.99. The van der Waals surface area contributed by atoms with E-state index in [1.807, 2.05) is 12.3 Å². The normalized spacial score (nSPS) is 10.6. The summed E-state index contributed by atoms with van der Waals surface area (Å²) in [6, 6.07) is 0. The number of nitrogens with two attached hydrogens (primary N) is 1. The molecule has 0 unspecified atom stereocenters. The first kappa shape index (κ1) is 8.47. The average Bonchev–Trinajstić information content (AvgIpc) is 2.71. The summed E-state index contributed by atoms with van der Waals surface area (Å²) < 4.78 is 5.30. The van der Waals surface area contributed by atoms with Crippen molar-refractivity contribution in [3.05, 3.63) is 28.3 Å². The van der Waals surface area contributed by atoms with Crippen molar-refractivity contribution in [2.24, 2.45) is 5.73 Å². The topological polar surface area (TPSA) is 52.0 Å². The smallest absolute Gasteiger partial charge is 0.227 e. The zero-order valence-corrected chi connectivity index (χ0v) is 8.10. The molecule has 4 heteroatoms. The molecule has 2 rings (SSSR count). The van der Waals surface area contributed by atoms with Gasteiger partial charge < -0.3 is 10.2 Å². The van der Waals surface area contributed by atoms with E-state index in [0.717, 1.165) is 11.3 Å². The van der Waals surface area contributed by atoms with E-state index in [2.05, 4.69) is 10.4 Å². The molecule has 0 atom stereocenters. The van der Waals surface area contributed by atoms with E-state index in [1.54, 1.807) is 17.6 Å². The number of aromatic nitrogens is 1. The van der Waals surface area contributed by atoms with Crippen LogP contribution in [0.2, 0.25) is 0 Å². The maximum Gasteiger partial charge on any atom is 0.227 e. The van der Waals surface area contributed by atoms with Crippen LogP contribution in [-0.2, 0) is 6.54 Å². The summed E-state index contributed by atoms with van der Waals surface area (Å²) in [5, 5.41) is 4.10. The summed E-state index contributed by atoms with van der Waals surface area (Å²) in [7, 11) is 0. The van der Waals surface area contributed by atoms with Gasteiger partial charge in [0.15, 0.2) is 0 Å². The quantitative estimate of drug-likeness (QED) is 0.797. The number of hydrogen-bond donors (Lipinski definition) is 1. The highest BCUT2D eigenvalue weighted by molar-refractivity contribution is 7.08. The lowest BCUT2D eigenvalue weighted by atomic mass is 10.2. The van der Waals surface area contributed by atoms with Crippen molar-refractivity contribution in [1.29, 1.82) is 0 Å². The third-order valence-electron chi connectivity index (χ3n) is 1.85. The van der Waals surface area contributed by atoms with Gasteiger partial charge in [-0.1, -0.05) is 0 Å². The Bertz CT molecular complexity index is 405. The van der Waals surface area contributed by atoms with Gasteiger partial charge in [0.05, 0.1) is 11.3 Å². The molecule has 68 valence electrons. The highest BCUT2D eigenvalue weighted by atomic mass is 32.1. The molecule has 0 amide bonds. The number of hydrogen-bond acceptors (Lipinski definition) is 4. The molecule has 13 heavy (non-hydrogen) atoms. The van der Waals surface area contributed by atoms with Crippen LogP contribution in [0.5, 0.6) is 0 Å². The van der Waals surface area contributed by atoms with Crippen molar-refractivity contribution in [3.8, 4) is 11.5 Å². The summed E-state index contributed by atoms with van der Waals surface area (Å²) in [4.78, 5) is 4.25. The Hall–Kier alpha value is -1.13. The molecule has 0 aliphatic carbocycles. The minimum absolute atomic E-state index is 0.423. The molecule has 3 nitrogen and oxygen atoms in total. The Morgan fingerprint density at radius 3 is 2.92 bits per heavy atom. The third kappa shape index (κ3) is 1.50. The number of nitrogens with zero attached hydrogens (tertiary/aromatic N) is 1. The van der Waals surface area contributed by atoms with E-state index in [0.29, 0.717) is 12.4 Å². The first-order chi connectivity index (χ1) is 6.31. The van der Waals surface area contributed by atoms with Crippen molar-refractivity contribution >= 4 is 11.3 Å². The van der Waals surface area contributed by atoms with Crippen LogP contribution in [0.3, 0.4) is 0 Å². The first-order valence-corrected chi connectivity index (χ1v) is 4.93. The van der Waals surface area contributed by atoms with E-state index >= 15 is 0 Å². The third-order valence-corrected chi connectivity index (χ3v) is 2.71. The summed E-state index contributed by atoms with van der Waals surface area (Å²) in [5.74, 6) is 0.666. The molecule has 0 bridgehead atoms. The van der Waals surface area contributed by atoms with Gasteiger partial charge in [-0.2, -0.15) is 11.3 Å². The van der Waals surface area contributed by atoms with E-state index in [4.69, 9.17) is 10.2 Å². The van der Waals surface area contributed by atoms with Gasteiger partial charge in [-0.3, -0.25) is 0 Å². The number of oxazole rings is 1. The zero-order valence-electron chi connectivity index (χ0n) is 7.28. The van der Waals surface area contributed by atoms with Crippen molar-refractivity contribution in [1.82, 2.24) is 4.98 Å². The molecule has 2 heterocycles. The van der Waals surface area contributed by atoms with Crippen molar-refractivity contribution < 1.29 is 4.42 Å². The van der Waals surface area contributed by atoms with E-state index in [1.165, 1.54) is 5.56 Å². The molecule has 0 saturated heterocycles. The molecule has 0 fully saturated rings. The molecule has 0 spiro atoms. The fourth-order valence-electron chi connectivity index (χ4n) is 1.10. The lowest BCUT2D eigenvalue weighted by Crippen LogP contribution is -1.95. The van der Waals surface area contributed by atoms with E-state index < -0.39 is 0 Å². The Kier molecular flexibility index (Phi) is 2.16. The minimum atomic E-state index is 0.423. The van der Waals surface area contributed by atoms with Gasteiger partial charge in [-0.15, -0.1) is 0 Å². The maximum absolute atomic E-state index is 5.43. The molecule has 2 aromatic rings. The van der Waals surface area contributed by atoms with Gasteiger partial charge in [-0.05, 0) is 17.9 Å². The molecular formula is C9H10N2OS. The van der Waals surface area contributed by atoms with Crippen molar-refractivity contribution in [2.75, 3.05) is 0 Å². The molecule has 2 aromatic heterocycles. The molecule has 2 N–H and O–H groups in total. The molecule has 0 aromatic carbocycles. The molecule has 0 saturated carbocycles. The van der Waals surface area contributed by atoms with Gasteiger partial charge in [0.1, 0.15) is 6.26 Å². The molecular weight excluding hydrogens is 184 g/mol. The van der Waals surface area contributed by atoms with E-state index in [9.17, 15) is 0 Å². The van der Waals surface area contributed by atoms with Gasteiger partial charge in [0, 0.05) is 11.9 Å². The predicted molar refractivity (Wildman–Crippen MR) is 52.4 cm³/mol. The van der Waals surface area contributed by atoms with Gasteiger partial charge in [-0.25, -0.2) is 4.98 Å². The fourth-order valence-corrected chi connectivity index (χ4v) is 1.93. The minimum Gasteiger partial charge on any atom is -0.444 e. The summed E-state index contributed by atoms with van der Waals surface area (Å²) in [5.41, 5.74) is 8.48. The largest absolute Gasteiger partial charge is 0.444 e. The molecule has 0 radical (unpaired) electrons. The van der Waals surface area contributed by atoms with Crippen LogP contribution in [0.1, 0.15) is 11.3 Å². The average molecular weight is 194 g/mol. The van der Waals surface area contributed by atoms with Crippen molar-refractivity contribution in [3.63, 3.8) is 0 Å². The Morgan fingerprint density at radius 1 is 1.54 bits per heavy atom. The van der Waals surface area contributed by atoms with Gasteiger partial charge >= 0.3 is 0 Å². The Morgan fingerprint density at radius 2 is 2.38 bits per heavy atom. The summed E-state index contributed by atoms with van der Waals surface area (Å²) in [6.45, 7) is 2.46. The second-order valence-electron chi connectivity index (χ2n) is 2.82. The van der Waals surface area contributed by atoms with Gasteiger partial charge in [0.2, 0.25) is 5.89 Å². The second kappa shape index (κ2) is 3.32. The van der Waals surface area contributed by atoms with Crippen LogP contribution < -0.4 is 5.73 Å². The summed E-state index contributed by atoms with van der Waals surface area (Å²) in [6.07, 6.45) is 1.60. The highest BCUT2D eigenvalue weighted by Gasteiger charge is 2.08. The molecule has 0 aliphatic heterocycles. The SMILES string of the molecule is Cc1cscc1-c1nc(CN)co1. The maximum atomic E-state index is 5.43. The number of thiophene rings is 1. The van der Waals surface area contributed by atoms with Crippen molar-refractivity contribution in [2.45, 2.75) is 13.5 Å². The van der Waals surface area contributed by atoms with Crippen LogP contribution in [-0.4, -0.2) is 4.98 Å². The van der Waals surface area contributed by atoms with E-state index in [-0.39, 0.29) is 0 Å². The second-order valence-corrected chi connectivity index (χ2v) is 3.56. The van der Waals surface area contributed by atoms with Crippen LogP contribution in [0.4, 0.5) is 0 Å². The van der Waals surface area contributed by atoms with Crippen LogP contribution >= 0.6 is 11.3 Å². The standard InChI is InChI=1S/C9H10N2OS/c1-6-4-13-5-8(6)9-11-7(2-10)3-12-9/h3-5H,2,10H2,1H3. The predicted octanol–water partition coefficient (Wildman–Crippen LogP) is 2.17. The van der Waals surface area contributed by atoms with Crippen LogP contribution in [0.15, 0.2) is 21.4 Å². The van der Waals surface area contributed by atoms with Crippen LogP contribution in [0, 0.1) is 6.92 Å². The van der Waals surface area contributed by atoms with Crippen LogP contribution in [0.25, 0.3) is 11.5 Å². The Balaban J connectivity index is 2.41. The Labute approximate surface area is 80.2 Å². The molecule has 0 aliphatic rings. The lowest BCUT2D eigenvalue weighted by Gasteiger charge is -1.90. The zero-order chi connectivity index (χ0) is 9.26. The lowest BCUT2D eigenvalue weighted by molar-refractivity contribution is 0.572. The fraction of sp³-hybridized carbons (Fsp3) is 0.222. The number of rotatable bonds is 2.